The number of aliphatic hydroxyl groups excluding tert-OH is 3. The largest absolute Gasteiger partial charge is 0.394 e. The average Bonchev–Trinajstić information content (AvgIpc) is 2.86. The number of carbonyl (C=O) groups is 1. The van der Waals surface area contributed by atoms with Crippen LogP contribution < -0.4 is 5.32 Å². The van der Waals surface area contributed by atoms with Gasteiger partial charge < -0.3 is 20.6 Å². The van der Waals surface area contributed by atoms with Gasteiger partial charge in [0.05, 0.1) is 18.8 Å². The number of aliphatic hydroxyl groups is 3. The maximum atomic E-state index is 12.3. The summed E-state index contributed by atoms with van der Waals surface area (Å²) in [5.41, 5.74) is 0. The van der Waals surface area contributed by atoms with Crippen molar-refractivity contribution < 1.29 is 20.1 Å². The Morgan fingerprint density at radius 3 is 1.29 bits per heavy atom. The summed E-state index contributed by atoms with van der Waals surface area (Å²) >= 11 is 0. The van der Waals surface area contributed by atoms with E-state index in [2.05, 4.69) is 19.2 Å². The highest BCUT2D eigenvalue weighted by Crippen LogP contribution is 2.15. The second-order valence-corrected chi connectivity index (χ2v) is 10.7. The Hall–Kier alpha value is -0.650. The molecule has 2 unspecified atom stereocenters. The smallest absolute Gasteiger partial charge is 0.249 e. The molecule has 5 heteroatoms. The molecule has 0 spiro atoms. The monoisotopic (exact) mass is 499 g/mol. The lowest BCUT2D eigenvalue weighted by atomic mass is 10.0. The first-order chi connectivity index (χ1) is 17.1. The fourth-order valence-corrected chi connectivity index (χ4v) is 4.72. The number of rotatable bonds is 27. The van der Waals surface area contributed by atoms with Crippen LogP contribution in [0, 0.1) is 0 Å². The van der Waals surface area contributed by atoms with Gasteiger partial charge in [0.15, 0.2) is 0 Å². The molecule has 0 fully saturated rings. The van der Waals surface area contributed by atoms with Gasteiger partial charge >= 0.3 is 0 Å². The molecule has 4 N–H and O–H groups in total. The zero-order valence-corrected chi connectivity index (χ0v) is 23.5. The molecule has 0 aromatic carbocycles. The molecule has 35 heavy (non-hydrogen) atoms. The quantitative estimate of drug-likeness (QED) is 0.0900. The molecular formula is C30H61NO4. The Morgan fingerprint density at radius 1 is 0.571 bits per heavy atom. The van der Waals surface area contributed by atoms with Crippen LogP contribution in [-0.2, 0) is 4.79 Å². The summed E-state index contributed by atoms with van der Waals surface area (Å²) in [6.07, 6.45) is 25.1. The molecule has 0 saturated carbocycles. The first kappa shape index (κ1) is 34.4. The topological polar surface area (TPSA) is 89.8 Å². The third kappa shape index (κ3) is 22.3. The number of hydrogen-bond donors (Lipinski definition) is 4. The summed E-state index contributed by atoms with van der Waals surface area (Å²) in [6, 6.07) is -0.701. The van der Waals surface area contributed by atoms with E-state index in [0.717, 1.165) is 32.1 Å². The summed E-state index contributed by atoms with van der Waals surface area (Å²) in [6.45, 7) is 4.16. The molecule has 0 aromatic heterocycles. The van der Waals surface area contributed by atoms with Gasteiger partial charge in [0.25, 0.3) is 0 Å². The SMILES string of the molecule is CCCCCCCCCCCCCCCC(O)[C@H](CO)NC(=O)C(O)CCCCCCCCCC. The van der Waals surface area contributed by atoms with Crippen molar-refractivity contribution in [2.24, 2.45) is 0 Å². The number of hydrogen-bond acceptors (Lipinski definition) is 4. The third-order valence-corrected chi connectivity index (χ3v) is 7.23. The van der Waals surface area contributed by atoms with Gasteiger partial charge in [-0.2, -0.15) is 0 Å². The fourth-order valence-electron chi connectivity index (χ4n) is 4.72. The lowest BCUT2D eigenvalue weighted by molar-refractivity contribution is -0.131. The minimum atomic E-state index is -1.06. The van der Waals surface area contributed by atoms with Gasteiger partial charge in [-0.1, -0.05) is 149 Å². The average molecular weight is 500 g/mol. The molecular weight excluding hydrogens is 438 g/mol. The van der Waals surface area contributed by atoms with Crippen molar-refractivity contribution in [2.45, 2.75) is 180 Å². The van der Waals surface area contributed by atoms with E-state index < -0.39 is 24.2 Å². The molecule has 1 amide bonds. The summed E-state index contributed by atoms with van der Waals surface area (Å²) in [7, 11) is 0. The van der Waals surface area contributed by atoms with Crippen LogP contribution in [0.1, 0.15) is 162 Å². The fraction of sp³-hybridized carbons (Fsp3) is 0.967. The maximum Gasteiger partial charge on any atom is 0.249 e. The molecule has 3 atom stereocenters. The van der Waals surface area contributed by atoms with Crippen molar-refractivity contribution in [2.75, 3.05) is 6.61 Å². The predicted octanol–water partition coefficient (Wildman–Crippen LogP) is 7.20. The molecule has 0 saturated heterocycles. The van der Waals surface area contributed by atoms with E-state index in [0.29, 0.717) is 12.8 Å². The van der Waals surface area contributed by atoms with E-state index in [1.807, 2.05) is 0 Å². The number of unbranched alkanes of at least 4 members (excludes halogenated alkanes) is 19. The molecule has 0 bridgehead atoms. The van der Waals surface area contributed by atoms with Crippen LogP contribution in [0.4, 0.5) is 0 Å². The van der Waals surface area contributed by atoms with Crippen LogP contribution in [0.2, 0.25) is 0 Å². The van der Waals surface area contributed by atoms with Gasteiger partial charge in [0.1, 0.15) is 6.10 Å². The van der Waals surface area contributed by atoms with Crippen molar-refractivity contribution in [3.05, 3.63) is 0 Å². The first-order valence-corrected chi connectivity index (χ1v) is 15.3. The van der Waals surface area contributed by atoms with Crippen LogP contribution in [0.15, 0.2) is 0 Å². The molecule has 0 heterocycles. The molecule has 5 nitrogen and oxygen atoms in total. The lowest BCUT2D eigenvalue weighted by Gasteiger charge is -2.23. The molecule has 0 rings (SSSR count). The lowest BCUT2D eigenvalue weighted by Crippen LogP contribution is -2.49. The molecule has 0 aliphatic heterocycles. The second-order valence-electron chi connectivity index (χ2n) is 10.7. The van der Waals surface area contributed by atoms with Gasteiger partial charge in [0.2, 0.25) is 5.91 Å². The highest BCUT2D eigenvalue weighted by Gasteiger charge is 2.23. The van der Waals surface area contributed by atoms with Crippen LogP contribution in [0.25, 0.3) is 0 Å². The van der Waals surface area contributed by atoms with Crippen molar-refractivity contribution in [3.8, 4) is 0 Å². The van der Waals surface area contributed by atoms with E-state index in [9.17, 15) is 20.1 Å². The van der Waals surface area contributed by atoms with Crippen molar-refractivity contribution >= 4 is 5.91 Å². The van der Waals surface area contributed by atoms with Crippen molar-refractivity contribution in [1.82, 2.24) is 5.32 Å². The highest BCUT2D eigenvalue weighted by atomic mass is 16.3. The molecule has 0 aliphatic rings. The summed E-state index contributed by atoms with van der Waals surface area (Å²) in [4.78, 5) is 12.3. The second kappa shape index (κ2) is 26.4. The maximum absolute atomic E-state index is 12.3. The van der Waals surface area contributed by atoms with E-state index in [1.165, 1.54) is 103 Å². The van der Waals surface area contributed by atoms with Crippen molar-refractivity contribution in [1.29, 1.82) is 0 Å². The van der Waals surface area contributed by atoms with Crippen LogP contribution in [-0.4, -0.2) is 46.1 Å². The van der Waals surface area contributed by atoms with Gasteiger partial charge in [-0.3, -0.25) is 4.79 Å². The van der Waals surface area contributed by atoms with Crippen LogP contribution in [0.3, 0.4) is 0 Å². The van der Waals surface area contributed by atoms with Crippen molar-refractivity contribution in [3.63, 3.8) is 0 Å². The zero-order valence-electron chi connectivity index (χ0n) is 23.5. The Labute approximate surface area is 217 Å². The Bertz CT molecular complexity index is 446. The summed E-state index contributed by atoms with van der Waals surface area (Å²) < 4.78 is 0. The standard InChI is InChI=1S/C30H61NO4/c1-3-5-7-9-11-13-14-15-16-17-19-20-22-24-28(33)27(26-32)31-30(35)29(34)25-23-21-18-12-10-8-6-4-2/h27-29,32-34H,3-26H2,1-2H3,(H,31,35)/t27-,28?,29?/m0/s1. The van der Waals surface area contributed by atoms with Gasteiger partial charge in [-0.25, -0.2) is 0 Å². The van der Waals surface area contributed by atoms with Crippen LogP contribution >= 0.6 is 0 Å². The highest BCUT2D eigenvalue weighted by molar-refractivity contribution is 5.80. The zero-order chi connectivity index (χ0) is 26.0. The molecule has 0 aromatic rings. The number of amides is 1. The number of nitrogens with one attached hydrogen (secondary N) is 1. The molecule has 210 valence electrons. The Morgan fingerprint density at radius 2 is 0.914 bits per heavy atom. The minimum Gasteiger partial charge on any atom is -0.394 e. The van der Waals surface area contributed by atoms with Gasteiger partial charge in [0, 0.05) is 0 Å². The Kier molecular flexibility index (Phi) is 25.9. The Balaban J connectivity index is 3.73. The van der Waals surface area contributed by atoms with Crippen LogP contribution in [0.5, 0.6) is 0 Å². The van der Waals surface area contributed by atoms with Gasteiger partial charge in [-0.05, 0) is 12.8 Å². The normalized spacial score (nSPS) is 14.1. The summed E-state index contributed by atoms with van der Waals surface area (Å²) in [5.74, 6) is -0.476. The predicted molar refractivity (Wildman–Crippen MR) is 149 cm³/mol. The minimum absolute atomic E-state index is 0.310. The third-order valence-electron chi connectivity index (χ3n) is 7.23. The molecule has 0 radical (unpaired) electrons. The van der Waals surface area contributed by atoms with Gasteiger partial charge in [-0.15, -0.1) is 0 Å². The van der Waals surface area contributed by atoms with E-state index in [-0.39, 0.29) is 6.61 Å². The van der Waals surface area contributed by atoms with E-state index in [4.69, 9.17) is 0 Å². The number of carbonyl (C=O) groups excluding carboxylic acids is 1. The van der Waals surface area contributed by atoms with E-state index >= 15 is 0 Å². The first-order valence-electron chi connectivity index (χ1n) is 15.3. The summed E-state index contributed by atoms with van der Waals surface area (Å²) in [5, 5.41) is 32.8. The van der Waals surface area contributed by atoms with E-state index in [1.54, 1.807) is 0 Å². The molecule has 0 aliphatic carbocycles.